The number of hydrogen-bond acceptors (Lipinski definition) is 4. The van der Waals surface area contributed by atoms with Crippen molar-refractivity contribution in [2.75, 3.05) is 11.5 Å². The van der Waals surface area contributed by atoms with E-state index in [4.69, 9.17) is 16.3 Å². The van der Waals surface area contributed by atoms with Gasteiger partial charge in [0.1, 0.15) is 0 Å². The Bertz CT molecular complexity index is 833. The van der Waals surface area contributed by atoms with Crippen molar-refractivity contribution < 1.29 is 19.1 Å². The van der Waals surface area contributed by atoms with Gasteiger partial charge in [-0.15, -0.1) is 0 Å². The second-order valence-corrected chi connectivity index (χ2v) is 6.12. The quantitative estimate of drug-likeness (QED) is 0.620. The molecule has 0 bridgehead atoms. The van der Waals surface area contributed by atoms with E-state index in [0.717, 1.165) is 10.5 Å². The number of carbonyl (C=O) groups excluding carboxylic acids is 3. The van der Waals surface area contributed by atoms with Crippen LogP contribution in [0.15, 0.2) is 36.4 Å². The van der Waals surface area contributed by atoms with Crippen molar-refractivity contribution in [1.29, 1.82) is 0 Å². The van der Waals surface area contributed by atoms with Crippen molar-refractivity contribution in [1.82, 2.24) is 0 Å². The largest absolute Gasteiger partial charge is 0.466 e. The second kappa shape index (κ2) is 6.69. The summed E-state index contributed by atoms with van der Waals surface area (Å²) in [4.78, 5) is 38.0. The molecule has 1 aliphatic rings. The second-order valence-electron chi connectivity index (χ2n) is 5.71. The first kappa shape index (κ1) is 17.2. The molecule has 5 nitrogen and oxygen atoms in total. The minimum atomic E-state index is -0.438. The summed E-state index contributed by atoms with van der Waals surface area (Å²) in [6, 6.07) is 10.0. The van der Waals surface area contributed by atoms with E-state index in [2.05, 4.69) is 0 Å². The van der Waals surface area contributed by atoms with E-state index in [9.17, 15) is 14.4 Å². The Hall–Kier alpha value is -2.66. The molecule has 0 aliphatic carbocycles. The maximum Gasteiger partial charge on any atom is 0.310 e. The van der Waals surface area contributed by atoms with Gasteiger partial charge in [-0.25, -0.2) is 4.90 Å². The van der Waals surface area contributed by atoms with Gasteiger partial charge in [-0.3, -0.25) is 14.4 Å². The van der Waals surface area contributed by atoms with E-state index in [1.807, 2.05) is 0 Å². The third kappa shape index (κ3) is 3.03. The Morgan fingerprint density at radius 2 is 1.68 bits per heavy atom. The number of benzene rings is 2. The Morgan fingerprint density at radius 1 is 1.04 bits per heavy atom. The smallest absolute Gasteiger partial charge is 0.310 e. The van der Waals surface area contributed by atoms with E-state index in [-0.39, 0.29) is 23.0 Å². The number of ether oxygens (including phenoxy) is 1. The predicted octanol–water partition coefficient (Wildman–Crippen LogP) is 3.55. The van der Waals surface area contributed by atoms with Gasteiger partial charge in [-0.05, 0) is 43.2 Å². The molecular weight excluding hydrogens is 342 g/mol. The molecule has 1 heterocycles. The molecule has 0 N–H and O–H groups in total. The summed E-state index contributed by atoms with van der Waals surface area (Å²) in [6.07, 6.45) is 0.140. The molecule has 0 saturated heterocycles. The molecule has 0 unspecified atom stereocenters. The van der Waals surface area contributed by atoms with Gasteiger partial charge in [-0.2, -0.15) is 0 Å². The van der Waals surface area contributed by atoms with Crippen LogP contribution in [0.4, 0.5) is 5.69 Å². The van der Waals surface area contributed by atoms with Crippen molar-refractivity contribution in [3.63, 3.8) is 0 Å². The van der Waals surface area contributed by atoms with Crippen LogP contribution in [0.2, 0.25) is 5.02 Å². The van der Waals surface area contributed by atoms with Crippen molar-refractivity contribution >= 4 is 35.1 Å². The summed E-state index contributed by atoms with van der Waals surface area (Å²) in [6.45, 7) is 3.84. The Kier molecular flexibility index (Phi) is 4.59. The van der Waals surface area contributed by atoms with Gasteiger partial charge in [0.2, 0.25) is 0 Å². The van der Waals surface area contributed by atoms with Gasteiger partial charge in [0, 0.05) is 0 Å². The fourth-order valence-corrected chi connectivity index (χ4v) is 3.10. The van der Waals surface area contributed by atoms with Crippen molar-refractivity contribution in [2.24, 2.45) is 0 Å². The number of aryl methyl sites for hydroxylation is 1. The highest BCUT2D eigenvalue weighted by Crippen LogP contribution is 2.34. The predicted molar refractivity (Wildman–Crippen MR) is 94.1 cm³/mol. The van der Waals surface area contributed by atoms with Gasteiger partial charge >= 0.3 is 5.97 Å². The molecule has 128 valence electrons. The van der Waals surface area contributed by atoms with Crippen LogP contribution >= 0.6 is 11.6 Å². The number of amides is 2. The Morgan fingerprint density at radius 3 is 2.28 bits per heavy atom. The first-order valence-corrected chi connectivity index (χ1v) is 8.24. The third-order valence-electron chi connectivity index (χ3n) is 4.05. The highest BCUT2D eigenvalue weighted by Gasteiger charge is 2.39. The van der Waals surface area contributed by atoms with E-state index in [1.54, 1.807) is 50.2 Å². The van der Waals surface area contributed by atoms with Crippen LogP contribution in [0.1, 0.15) is 38.8 Å². The lowest BCUT2D eigenvalue weighted by Crippen LogP contribution is -2.29. The molecular formula is C19H16ClNO4. The third-order valence-corrected chi connectivity index (χ3v) is 4.36. The monoisotopic (exact) mass is 357 g/mol. The fourth-order valence-electron chi connectivity index (χ4n) is 2.86. The summed E-state index contributed by atoms with van der Waals surface area (Å²) in [5.41, 5.74) is 2.47. The molecule has 2 aromatic carbocycles. The average molecular weight is 358 g/mol. The number of fused-ring (bicyclic) bond motifs is 1. The van der Waals surface area contributed by atoms with E-state index in [0.29, 0.717) is 23.4 Å². The average Bonchev–Trinajstić information content (AvgIpc) is 2.84. The number of halogens is 1. The zero-order valence-corrected chi connectivity index (χ0v) is 14.6. The van der Waals surface area contributed by atoms with Gasteiger partial charge in [-0.1, -0.05) is 29.8 Å². The molecule has 0 saturated carbocycles. The number of hydrogen-bond donors (Lipinski definition) is 0. The molecule has 0 atom stereocenters. The summed E-state index contributed by atoms with van der Waals surface area (Å²) >= 11 is 6.12. The minimum absolute atomic E-state index is 0.140. The molecule has 0 aromatic heterocycles. The van der Waals surface area contributed by atoms with Crippen molar-refractivity contribution in [3.05, 3.63) is 63.7 Å². The minimum Gasteiger partial charge on any atom is -0.466 e. The van der Waals surface area contributed by atoms with Crippen LogP contribution in [0.25, 0.3) is 0 Å². The fraction of sp³-hybridized carbons (Fsp3) is 0.211. The number of anilines is 1. The molecule has 25 heavy (non-hydrogen) atoms. The van der Waals surface area contributed by atoms with Gasteiger partial charge in [0.15, 0.2) is 0 Å². The maximum atomic E-state index is 12.7. The normalized spacial score (nSPS) is 13.2. The lowest BCUT2D eigenvalue weighted by atomic mass is 10.0. The van der Waals surface area contributed by atoms with Crippen LogP contribution in [0, 0.1) is 6.92 Å². The first-order valence-electron chi connectivity index (χ1n) is 7.86. The van der Waals surface area contributed by atoms with Gasteiger partial charge in [0.25, 0.3) is 11.8 Å². The molecule has 3 rings (SSSR count). The number of carbonyl (C=O) groups is 3. The van der Waals surface area contributed by atoms with E-state index >= 15 is 0 Å². The molecule has 2 aromatic rings. The number of imide groups is 1. The number of esters is 1. The van der Waals surface area contributed by atoms with Gasteiger partial charge in [0.05, 0.1) is 34.9 Å². The zero-order chi connectivity index (χ0) is 18.1. The van der Waals surface area contributed by atoms with Crippen molar-refractivity contribution in [3.8, 4) is 0 Å². The number of rotatable bonds is 4. The summed E-state index contributed by atoms with van der Waals surface area (Å²) < 4.78 is 4.91. The topological polar surface area (TPSA) is 63.7 Å². The molecule has 2 amide bonds. The molecule has 6 heteroatoms. The number of nitrogens with zero attached hydrogens (tertiary/aromatic N) is 1. The maximum absolute atomic E-state index is 12.7. The van der Waals surface area contributed by atoms with Crippen LogP contribution in [0.3, 0.4) is 0 Å². The molecule has 1 aliphatic heterocycles. The van der Waals surface area contributed by atoms with Crippen LogP contribution in [-0.4, -0.2) is 24.4 Å². The Labute approximate surface area is 150 Å². The van der Waals surface area contributed by atoms with Crippen LogP contribution < -0.4 is 4.90 Å². The molecule has 0 spiro atoms. The Balaban J connectivity index is 1.90. The lowest BCUT2D eigenvalue weighted by Gasteiger charge is -2.14. The van der Waals surface area contributed by atoms with Crippen molar-refractivity contribution in [2.45, 2.75) is 20.3 Å². The summed E-state index contributed by atoms with van der Waals surface area (Å²) in [5, 5.41) is 0.264. The van der Waals surface area contributed by atoms with E-state index in [1.165, 1.54) is 0 Å². The SMILES string of the molecule is CCOC(=O)Cc1ccc(N2C(=O)c3c(C)ccc(Cl)c3C2=O)cc1. The summed E-state index contributed by atoms with van der Waals surface area (Å²) in [7, 11) is 0. The highest BCUT2D eigenvalue weighted by molar-refractivity contribution is 6.42. The standard InChI is InChI=1S/C19H16ClNO4/c1-3-25-15(22)10-12-5-7-13(8-6-12)21-18(23)16-11(2)4-9-14(20)17(16)19(21)24/h4-9H,3,10H2,1-2H3. The molecule has 0 fully saturated rings. The molecule has 0 radical (unpaired) electrons. The first-order chi connectivity index (χ1) is 11.9. The summed E-state index contributed by atoms with van der Waals surface area (Å²) in [5.74, 6) is -1.15. The van der Waals surface area contributed by atoms with E-state index < -0.39 is 11.8 Å². The lowest BCUT2D eigenvalue weighted by molar-refractivity contribution is -0.142. The highest BCUT2D eigenvalue weighted by atomic mass is 35.5. The van der Waals surface area contributed by atoms with Crippen LogP contribution in [0.5, 0.6) is 0 Å². The van der Waals surface area contributed by atoms with Crippen LogP contribution in [-0.2, 0) is 16.0 Å². The van der Waals surface area contributed by atoms with Gasteiger partial charge < -0.3 is 4.74 Å². The zero-order valence-electron chi connectivity index (χ0n) is 13.8.